The summed E-state index contributed by atoms with van der Waals surface area (Å²) in [7, 11) is 0. The second-order valence-corrected chi connectivity index (χ2v) is 17.1. The van der Waals surface area contributed by atoms with Crippen molar-refractivity contribution in [3.63, 3.8) is 0 Å². The highest BCUT2D eigenvalue weighted by molar-refractivity contribution is 5.70. The maximum absolute atomic E-state index is 5.08. The lowest BCUT2D eigenvalue weighted by Gasteiger charge is -2.37. The summed E-state index contributed by atoms with van der Waals surface area (Å²) in [6, 6.07) is 53.6. The van der Waals surface area contributed by atoms with Gasteiger partial charge in [-0.15, -0.1) is 0 Å². The number of hydrogen-bond donors (Lipinski definition) is 0. The number of hydrogen-bond acceptors (Lipinski definition) is 2. The minimum absolute atomic E-state index is 0.354. The smallest absolute Gasteiger partial charge is 0.144 e. The highest BCUT2D eigenvalue weighted by Gasteiger charge is 2.39. The minimum atomic E-state index is -0.679. The molecule has 0 aliphatic heterocycles. The topological polar surface area (TPSA) is 35.6 Å². The monoisotopic (exact) mass is 772 g/mol. The SMILES string of the molecule is CC(C)c1cccc(C(C)C)c1-n1ccnc1-c1cccc(C(c2ccccc2)(c2ccccc2)c2cccc(-c3nccn3-c3c(C(C)C)cccc3C(C)C)c2)c1. The fourth-order valence-corrected chi connectivity index (χ4v) is 9.13. The van der Waals surface area contributed by atoms with E-state index in [9.17, 15) is 0 Å². The minimum Gasteiger partial charge on any atom is -0.299 e. The van der Waals surface area contributed by atoms with E-state index < -0.39 is 5.41 Å². The van der Waals surface area contributed by atoms with Gasteiger partial charge >= 0.3 is 0 Å². The van der Waals surface area contributed by atoms with Crippen LogP contribution in [0.4, 0.5) is 0 Å². The number of nitrogens with zero attached hydrogens (tertiary/aromatic N) is 4. The molecule has 0 bridgehead atoms. The van der Waals surface area contributed by atoms with Gasteiger partial charge in [0, 0.05) is 35.9 Å². The van der Waals surface area contributed by atoms with Crippen molar-refractivity contribution in [1.29, 1.82) is 0 Å². The molecule has 2 aromatic heterocycles. The summed E-state index contributed by atoms with van der Waals surface area (Å²) >= 11 is 0. The van der Waals surface area contributed by atoms with Gasteiger partial charge in [-0.25, -0.2) is 9.97 Å². The molecule has 0 amide bonds. The number of para-hydroxylation sites is 2. The highest BCUT2D eigenvalue weighted by atomic mass is 15.1. The van der Waals surface area contributed by atoms with Gasteiger partial charge < -0.3 is 0 Å². The second kappa shape index (κ2) is 16.5. The molecule has 0 spiro atoms. The van der Waals surface area contributed by atoms with Gasteiger partial charge in [0.1, 0.15) is 11.6 Å². The number of aromatic nitrogens is 4. The van der Waals surface area contributed by atoms with Crippen LogP contribution in [0.2, 0.25) is 0 Å². The van der Waals surface area contributed by atoms with E-state index in [1.54, 1.807) is 0 Å². The molecule has 0 aliphatic carbocycles. The van der Waals surface area contributed by atoms with E-state index in [-0.39, 0.29) is 0 Å². The van der Waals surface area contributed by atoms with Gasteiger partial charge in [-0.2, -0.15) is 0 Å². The summed E-state index contributed by atoms with van der Waals surface area (Å²) in [6.45, 7) is 18.2. The van der Waals surface area contributed by atoms with Crippen LogP contribution in [0.1, 0.15) is 124 Å². The van der Waals surface area contributed by atoms with E-state index in [0.717, 1.165) is 33.9 Å². The molecule has 0 radical (unpaired) electrons. The first-order valence-corrected chi connectivity index (χ1v) is 21.3. The Labute approximate surface area is 351 Å². The van der Waals surface area contributed by atoms with Crippen molar-refractivity contribution < 1.29 is 0 Å². The molecule has 4 nitrogen and oxygen atoms in total. The molecule has 296 valence electrons. The van der Waals surface area contributed by atoms with Gasteiger partial charge in [0.15, 0.2) is 0 Å². The van der Waals surface area contributed by atoms with E-state index in [0.29, 0.717) is 23.7 Å². The Balaban J connectivity index is 1.37. The molecule has 0 saturated carbocycles. The Bertz CT molecular complexity index is 2440. The van der Waals surface area contributed by atoms with Gasteiger partial charge in [-0.1, -0.05) is 189 Å². The molecular weight excluding hydrogens is 717 g/mol. The Morgan fingerprint density at radius 1 is 0.373 bits per heavy atom. The molecule has 0 atom stereocenters. The number of benzene rings is 6. The van der Waals surface area contributed by atoms with Gasteiger partial charge in [-0.3, -0.25) is 9.13 Å². The van der Waals surface area contributed by atoms with E-state index in [1.165, 1.54) is 44.8 Å². The zero-order valence-corrected chi connectivity index (χ0v) is 35.8. The van der Waals surface area contributed by atoms with Crippen molar-refractivity contribution in [2.24, 2.45) is 0 Å². The van der Waals surface area contributed by atoms with Crippen LogP contribution in [0.25, 0.3) is 34.2 Å². The van der Waals surface area contributed by atoms with Crippen molar-refractivity contribution >= 4 is 0 Å². The van der Waals surface area contributed by atoms with Crippen LogP contribution < -0.4 is 0 Å². The van der Waals surface area contributed by atoms with Crippen LogP contribution in [0, 0.1) is 0 Å². The summed E-state index contributed by atoms with van der Waals surface area (Å²) in [4.78, 5) is 10.2. The van der Waals surface area contributed by atoms with Crippen molar-refractivity contribution in [1.82, 2.24) is 19.1 Å². The first-order chi connectivity index (χ1) is 28.6. The van der Waals surface area contributed by atoms with Crippen LogP contribution in [-0.4, -0.2) is 19.1 Å². The lowest BCUT2D eigenvalue weighted by molar-refractivity contribution is 0.745. The van der Waals surface area contributed by atoms with Crippen molar-refractivity contribution in [2.45, 2.75) is 84.5 Å². The van der Waals surface area contributed by atoms with Crippen molar-refractivity contribution in [3.05, 3.63) is 215 Å². The molecule has 0 aliphatic rings. The molecule has 8 aromatic rings. The van der Waals surface area contributed by atoms with E-state index >= 15 is 0 Å². The van der Waals surface area contributed by atoms with Crippen LogP contribution in [0.15, 0.2) is 170 Å². The van der Waals surface area contributed by atoms with Crippen LogP contribution in [0.5, 0.6) is 0 Å². The zero-order chi connectivity index (χ0) is 41.3. The van der Waals surface area contributed by atoms with Gasteiger partial charge in [0.25, 0.3) is 0 Å². The van der Waals surface area contributed by atoms with E-state index in [2.05, 4.69) is 223 Å². The van der Waals surface area contributed by atoms with Crippen LogP contribution in [0.3, 0.4) is 0 Å². The first kappa shape index (κ1) is 39.6. The third kappa shape index (κ3) is 7.16. The van der Waals surface area contributed by atoms with Crippen LogP contribution in [-0.2, 0) is 5.41 Å². The third-order valence-electron chi connectivity index (χ3n) is 12.0. The average molecular weight is 773 g/mol. The predicted octanol–water partition coefficient (Wildman–Crippen LogP) is 14.3. The van der Waals surface area contributed by atoms with Crippen molar-refractivity contribution in [3.8, 4) is 34.2 Å². The fourth-order valence-electron chi connectivity index (χ4n) is 9.13. The molecule has 2 heterocycles. The largest absolute Gasteiger partial charge is 0.299 e. The average Bonchev–Trinajstić information content (AvgIpc) is 3.95. The Morgan fingerprint density at radius 2 is 0.695 bits per heavy atom. The maximum atomic E-state index is 5.08. The highest BCUT2D eigenvalue weighted by Crippen LogP contribution is 2.47. The predicted molar refractivity (Wildman–Crippen MR) is 246 cm³/mol. The molecule has 0 fully saturated rings. The summed E-state index contributed by atoms with van der Waals surface area (Å²) in [6.07, 6.45) is 8.14. The van der Waals surface area contributed by atoms with Gasteiger partial charge in [0.05, 0.1) is 16.8 Å². The second-order valence-electron chi connectivity index (χ2n) is 17.1. The summed E-state index contributed by atoms with van der Waals surface area (Å²) in [5.41, 5.74) is 13.9. The Kier molecular flexibility index (Phi) is 11.1. The van der Waals surface area contributed by atoms with Gasteiger partial charge in [-0.05, 0) is 80.3 Å². The quantitative estimate of drug-likeness (QED) is 0.116. The molecule has 4 heteroatoms. The molecule has 0 unspecified atom stereocenters. The summed E-state index contributed by atoms with van der Waals surface area (Å²) in [5, 5.41) is 0. The van der Waals surface area contributed by atoms with Crippen LogP contribution >= 0.6 is 0 Å². The third-order valence-corrected chi connectivity index (χ3v) is 12.0. The molecule has 0 saturated heterocycles. The molecule has 6 aromatic carbocycles. The standard InChI is InChI=1S/C55H56N4/c1-37(2)47-27-17-28-48(38(3)4)51(47)58-33-31-56-53(58)41-19-15-25-45(35-41)55(43-21-11-9-12-22-43,44-23-13-10-14-24-44)46-26-16-20-42(36-46)54-57-32-34-59(54)52-49(39(5)6)29-18-30-50(52)40(7)8/h9-40H,1-8H3. The van der Waals surface area contributed by atoms with E-state index in [4.69, 9.17) is 9.97 Å². The fraction of sp³-hybridized carbons (Fsp3) is 0.236. The first-order valence-electron chi connectivity index (χ1n) is 21.3. The Hall–Kier alpha value is -6.26. The lowest BCUT2D eigenvalue weighted by Crippen LogP contribution is -2.31. The van der Waals surface area contributed by atoms with Gasteiger partial charge in [0.2, 0.25) is 0 Å². The zero-order valence-electron chi connectivity index (χ0n) is 35.8. The van der Waals surface area contributed by atoms with E-state index in [1.807, 2.05) is 12.4 Å². The molecule has 0 N–H and O–H groups in total. The summed E-state index contributed by atoms with van der Waals surface area (Å²) in [5.74, 6) is 3.27. The lowest BCUT2D eigenvalue weighted by atomic mass is 9.64. The maximum Gasteiger partial charge on any atom is 0.144 e. The summed E-state index contributed by atoms with van der Waals surface area (Å²) < 4.78 is 4.63. The molecule has 8 rings (SSSR count). The molecule has 59 heavy (non-hydrogen) atoms. The molecular formula is C55H56N4. The number of rotatable bonds is 12. The Morgan fingerprint density at radius 3 is 1.03 bits per heavy atom. The normalized spacial score (nSPS) is 12.0. The van der Waals surface area contributed by atoms with Crippen molar-refractivity contribution in [2.75, 3.05) is 0 Å². The number of imidazole rings is 2.